The van der Waals surface area contributed by atoms with Crippen molar-refractivity contribution in [2.24, 2.45) is 0 Å². The van der Waals surface area contributed by atoms with E-state index in [-0.39, 0.29) is 44.8 Å². The number of ether oxygens (including phenoxy) is 2. The van der Waals surface area contributed by atoms with E-state index in [2.05, 4.69) is 76.2 Å². The lowest BCUT2D eigenvalue weighted by atomic mass is 10.1. The highest BCUT2D eigenvalue weighted by atomic mass is 79.9. The summed E-state index contributed by atoms with van der Waals surface area (Å²) in [6.07, 6.45) is 1.75. The number of unbranched alkanes of at least 4 members (excludes halogenated alkanes) is 1. The summed E-state index contributed by atoms with van der Waals surface area (Å²) in [4.78, 5) is 16.5. The first-order chi connectivity index (χ1) is 23.1. The van der Waals surface area contributed by atoms with E-state index in [1.54, 1.807) is 12.1 Å². The van der Waals surface area contributed by atoms with Crippen LogP contribution in [-0.4, -0.2) is 55.2 Å². The van der Waals surface area contributed by atoms with E-state index in [1.807, 2.05) is 17.0 Å². The molecule has 0 spiro atoms. The first-order valence-electron chi connectivity index (χ1n) is 16.5. The summed E-state index contributed by atoms with van der Waals surface area (Å²) >= 11 is 8.01. The quantitative estimate of drug-likeness (QED) is 0.0822. The Balaban J connectivity index is 0.00000541. The predicted molar refractivity (Wildman–Crippen MR) is 194 cm³/mol. The van der Waals surface area contributed by atoms with Crippen molar-refractivity contribution in [2.45, 2.75) is 60.2 Å². The molecule has 0 bridgehead atoms. The van der Waals surface area contributed by atoms with Gasteiger partial charge in [-0.1, -0.05) is 77.3 Å². The van der Waals surface area contributed by atoms with Crippen LogP contribution in [0.5, 0.6) is 11.5 Å². The Morgan fingerprint density at radius 3 is 2.27 bits per heavy atom. The van der Waals surface area contributed by atoms with Gasteiger partial charge in [-0.15, -0.1) is 11.3 Å². The third-order valence-corrected chi connectivity index (χ3v) is 10.9. The van der Waals surface area contributed by atoms with Gasteiger partial charge in [0, 0.05) is 23.4 Å². The van der Waals surface area contributed by atoms with Crippen LogP contribution in [0.4, 0.5) is 8.78 Å². The van der Waals surface area contributed by atoms with Crippen molar-refractivity contribution in [3.05, 3.63) is 105 Å². The summed E-state index contributed by atoms with van der Waals surface area (Å²) in [7, 11) is 1.38. The Labute approximate surface area is 307 Å². The van der Waals surface area contributed by atoms with Gasteiger partial charge in [0.15, 0.2) is 11.5 Å². The number of quaternary nitrogens is 1. The summed E-state index contributed by atoms with van der Waals surface area (Å²) in [5, 5.41) is 2.58. The Morgan fingerprint density at radius 1 is 0.918 bits per heavy atom. The Morgan fingerprint density at radius 2 is 1.61 bits per heavy atom. The molecular weight excluding hydrogens is 730 g/mol. The molecule has 0 aliphatic rings. The number of methoxy groups -OCH3 is 1. The fraction of sp³-hybridized carbons (Fsp3) is 0.359. The lowest BCUT2D eigenvalue weighted by Crippen LogP contribution is -3.00. The maximum atomic E-state index is 14.3. The lowest BCUT2D eigenvalue weighted by Gasteiger charge is -2.37. The number of alkyl halides is 2. The van der Waals surface area contributed by atoms with Crippen LogP contribution >= 0.6 is 22.9 Å². The third-order valence-electron chi connectivity index (χ3n) is 9.26. The number of hydrogen-bond donors (Lipinski definition) is 0. The number of halogens is 4. The highest BCUT2D eigenvalue weighted by Gasteiger charge is 2.28. The molecule has 0 radical (unpaired) electrons. The molecule has 0 N–H and O–H groups in total. The molecule has 10 heteroatoms. The number of thiophene rings is 1. The van der Waals surface area contributed by atoms with Crippen LogP contribution in [0.25, 0.3) is 20.9 Å². The number of hydrogen-bond acceptors (Lipinski definition) is 4. The molecule has 1 amide bonds. The van der Waals surface area contributed by atoms with E-state index >= 15 is 0 Å². The topological polar surface area (TPSA) is 38.8 Å². The van der Waals surface area contributed by atoms with E-state index < -0.39 is 6.61 Å². The molecule has 0 atom stereocenters. The Hall–Kier alpha value is -3.24. The molecule has 0 aliphatic heterocycles. The summed E-state index contributed by atoms with van der Waals surface area (Å²) < 4.78 is 38.5. The van der Waals surface area contributed by atoms with Gasteiger partial charge in [0.1, 0.15) is 11.4 Å². The van der Waals surface area contributed by atoms with Gasteiger partial charge in [0.25, 0.3) is 5.91 Å². The normalized spacial score (nSPS) is 11.6. The van der Waals surface area contributed by atoms with Crippen molar-refractivity contribution in [1.29, 1.82) is 0 Å². The van der Waals surface area contributed by atoms with Gasteiger partial charge in [-0.2, -0.15) is 8.78 Å². The molecule has 1 heterocycles. The van der Waals surface area contributed by atoms with Crippen molar-refractivity contribution >= 4 is 49.7 Å². The van der Waals surface area contributed by atoms with E-state index in [4.69, 9.17) is 21.1 Å². The number of aryl methyl sites for hydroxylation is 2. The minimum Gasteiger partial charge on any atom is -1.00 e. The first-order valence-corrected chi connectivity index (χ1v) is 17.7. The zero-order valence-corrected chi connectivity index (χ0v) is 31.9. The number of nitrogens with zero attached hydrogens (tertiary/aromatic N) is 2. The molecule has 5 nitrogen and oxygen atoms in total. The largest absolute Gasteiger partial charge is 1.00 e. The van der Waals surface area contributed by atoms with Crippen LogP contribution in [0.2, 0.25) is 5.02 Å². The van der Waals surface area contributed by atoms with E-state index in [0.29, 0.717) is 22.7 Å². The number of rotatable bonds is 15. The van der Waals surface area contributed by atoms with Crippen LogP contribution in [0.1, 0.15) is 58.6 Å². The molecule has 0 unspecified atom stereocenters. The van der Waals surface area contributed by atoms with E-state index in [1.165, 1.54) is 35.1 Å². The molecule has 5 aromatic rings. The van der Waals surface area contributed by atoms with Crippen LogP contribution in [-0.2, 0) is 13.1 Å². The molecule has 0 saturated carbocycles. The lowest BCUT2D eigenvalue weighted by molar-refractivity contribution is -0.938. The van der Waals surface area contributed by atoms with Crippen LogP contribution in [0.15, 0.2) is 72.8 Å². The molecular formula is C39H44BrClF2N2O3S. The maximum absolute atomic E-state index is 14.3. The van der Waals surface area contributed by atoms with E-state index in [0.717, 1.165) is 59.8 Å². The Kier molecular flexibility index (Phi) is 13.5. The van der Waals surface area contributed by atoms with Gasteiger partial charge in [0.2, 0.25) is 0 Å². The maximum Gasteiger partial charge on any atom is 0.387 e. The molecule has 0 aliphatic carbocycles. The zero-order valence-electron chi connectivity index (χ0n) is 28.7. The molecule has 4 aromatic carbocycles. The number of benzene rings is 4. The van der Waals surface area contributed by atoms with E-state index in [9.17, 15) is 13.6 Å². The number of amides is 1. The average molecular weight is 774 g/mol. The zero-order chi connectivity index (χ0) is 34.4. The van der Waals surface area contributed by atoms with Crippen molar-refractivity contribution in [3.63, 3.8) is 0 Å². The second-order valence-electron chi connectivity index (χ2n) is 12.6. The highest BCUT2D eigenvalue weighted by Crippen LogP contribution is 2.46. The number of carbonyl (C=O) groups excluding carboxylic acids is 1. The van der Waals surface area contributed by atoms with Crippen molar-refractivity contribution in [1.82, 2.24) is 4.90 Å². The second kappa shape index (κ2) is 17.1. The summed E-state index contributed by atoms with van der Waals surface area (Å²) in [6, 6.07) is 24.4. The van der Waals surface area contributed by atoms with Gasteiger partial charge < -0.3 is 35.8 Å². The van der Waals surface area contributed by atoms with Crippen LogP contribution in [0.3, 0.4) is 0 Å². The second-order valence-corrected chi connectivity index (χ2v) is 14.0. The summed E-state index contributed by atoms with van der Waals surface area (Å²) in [5.74, 6) is -0.273. The summed E-state index contributed by atoms with van der Waals surface area (Å²) in [5.41, 5.74) is 4.93. The fourth-order valence-electron chi connectivity index (χ4n) is 6.70. The first kappa shape index (κ1) is 38.6. The van der Waals surface area contributed by atoms with Crippen molar-refractivity contribution in [2.75, 3.05) is 33.3 Å². The van der Waals surface area contributed by atoms with Crippen LogP contribution < -0.4 is 26.5 Å². The molecule has 262 valence electrons. The molecule has 5 rings (SSSR count). The highest BCUT2D eigenvalue weighted by molar-refractivity contribution is 7.21. The molecule has 0 fully saturated rings. The van der Waals surface area contributed by atoms with Gasteiger partial charge in [-0.3, -0.25) is 4.79 Å². The molecule has 49 heavy (non-hydrogen) atoms. The number of fused-ring (bicyclic) bond motifs is 2. The Bertz CT molecular complexity index is 1880. The van der Waals surface area contributed by atoms with Crippen molar-refractivity contribution in [3.8, 4) is 11.5 Å². The third kappa shape index (κ3) is 9.11. The SMILES string of the molecule is CC[N+](CC)(CCCCN(Cc1ccc2ccccc2c1)C(=O)c1sc2ccc(OC)c(OC(F)F)c2c1Cl)Cc1cc(C)cc(C)c1.[Br-]. The van der Waals surface area contributed by atoms with Crippen LogP contribution in [0, 0.1) is 13.8 Å². The summed E-state index contributed by atoms with van der Waals surface area (Å²) in [6.45, 7) is 10.7. The van der Waals surface area contributed by atoms with Gasteiger partial charge in [-0.05, 0) is 75.1 Å². The standard InChI is InChI=1S/C39H44ClF2N2O3S.BrH/c1-6-44(7-2,25-29-21-26(3)20-27(4)22-29)19-11-10-18-43(24-28-14-15-30-12-8-9-13-31(30)23-28)38(45)37-35(40)34-33(48-37)17-16-32(46-5)36(34)47-39(41)42;/h8-9,12-17,20-23,39H,6-7,10-11,18-19,24-25H2,1-5H3;1H/q+1;/p-1. The minimum absolute atomic E-state index is 0. The minimum atomic E-state index is -3.07. The smallest absolute Gasteiger partial charge is 0.387 e. The average Bonchev–Trinajstić information content (AvgIpc) is 3.41. The monoisotopic (exact) mass is 772 g/mol. The molecule has 1 aromatic heterocycles. The fourth-order valence-corrected chi connectivity index (χ4v) is 8.21. The predicted octanol–water partition coefficient (Wildman–Crippen LogP) is 7.42. The molecule has 0 saturated heterocycles. The van der Waals surface area contributed by atoms with Gasteiger partial charge in [0.05, 0.1) is 37.2 Å². The van der Waals surface area contributed by atoms with Crippen molar-refractivity contribution < 1.29 is 44.5 Å². The van der Waals surface area contributed by atoms with Gasteiger partial charge >= 0.3 is 6.61 Å². The number of carbonyl (C=O) groups is 1. The van der Waals surface area contributed by atoms with Gasteiger partial charge in [-0.25, -0.2) is 0 Å².